The van der Waals surface area contributed by atoms with Gasteiger partial charge in [-0.2, -0.15) is 0 Å². The number of benzene rings is 1. The summed E-state index contributed by atoms with van der Waals surface area (Å²) in [4.78, 5) is 36.1. The number of pyridine rings is 1. The molecule has 4 rings (SSSR count). The third kappa shape index (κ3) is 3.68. The largest absolute Gasteiger partial charge is 0.337 e. The fraction of sp³-hybridized carbons (Fsp3) is 0.318. The second kappa shape index (κ2) is 8.06. The van der Waals surface area contributed by atoms with E-state index in [1.54, 1.807) is 13.2 Å². The Balaban J connectivity index is 1.52. The van der Waals surface area contributed by atoms with Crippen LogP contribution >= 0.6 is 0 Å². The lowest BCUT2D eigenvalue weighted by Crippen LogP contribution is -2.50. The molecule has 8 heteroatoms. The molecule has 0 unspecified atom stereocenters. The molecule has 0 radical (unpaired) electrons. The van der Waals surface area contributed by atoms with Crippen molar-refractivity contribution in [1.82, 2.24) is 25.5 Å². The minimum Gasteiger partial charge on any atom is -0.337 e. The summed E-state index contributed by atoms with van der Waals surface area (Å²) in [5.74, 6) is 0.465. The van der Waals surface area contributed by atoms with Gasteiger partial charge in [0.2, 0.25) is 5.82 Å². The van der Waals surface area contributed by atoms with Crippen LogP contribution in [0.3, 0.4) is 0 Å². The molecule has 2 N–H and O–H groups in total. The topological polar surface area (TPSA) is 104 Å². The summed E-state index contributed by atoms with van der Waals surface area (Å²) in [6, 6.07) is 12.9. The van der Waals surface area contributed by atoms with Gasteiger partial charge in [0.25, 0.3) is 11.8 Å². The van der Waals surface area contributed by atoms with Crippen molar-refractivity contribution in [3.63, 3.8) is 0 Å². The lowest BCUT2D eigenvalue weighted by molar-refractivity contribution is -0.121. The fourth-order valence-corrected chi connectivity index (χ4v) is 3.82. The van der Waals surface area contributed by atoms with Gasteiger partial charge < -0.3 is 5.32 Å². The number of hydrogen-bond donors (Lipinski definition) is 2. The van der Waals surface area contributed by atoms with Gasteiger partial charge in [0.1, 0.15) is 17.7 Å². The molecule has 30 heavy (non-hydrogen) atoms. The van der Waals surface area contributed by atoms with Gasteiger partial charge in [0.15, 0.2) is 0 Å². The van der Waals surface area contributed by atoms with Crippen LogP contribution < -0.4 is 10.2 Å². The van der Waals surface area contributed by atoms with Gasteiger partial charge in [-0.3, -0.25) is 19.6 Å². The predicted octanol–water partition coefficient (Wildman–Crippen LogP) is 2.31. The van der Waals surface area contributed by atoms with Crippen LogP contribution in [0, 0.1) is 5.92 Å². The van der Waals surface area contributed by atoms with E-state index >= 15 is 0 Å². The first kappa shape index (κ1) is 19.8. The minimum atomic E-state index is -0.706. The number of H-pyrrole nitrogens is 1. The first-order chi connectivity index (χ1) is 14.5. The predicted molar refractivity (Wildman–Crippen MR) is 112 cm³/mol. The third-order valence-electron chi connectivity index (χ3n) is 5.77. The zero-order valence-electron chi connectivity index (χ0n) is 17.2. The third-order valence-corrected chi connectivity index (χ3v) is 5.77. The van der Waals surface area contributed by atoms with Crippen LogP contribution in [0.2, 0.25) is 0 Å². The van der Waals surface area contributed by atoms with E-state index in [-0.39, 0.29) is 23.6 Å². The van der Waals surface area contributed by atoms with Crippen molar-refractivity contribution in [2.45, 2.75) is 32.2 Å². The molecule has 2 aromatic heterocycles. The van der Waals surface area contributed by atoms with Crippen LogP contribution in [0.4, 0.5) is 5.82 Å². The van der Waals surface area contributed by atoms with Crippen LogP contribution in [0.15, 0.2) is 48.7 Å². The Labute approximate surface area is 174 Å². The average Bonchev–Trinajstić information content (AvgIpc) is 3.22. The zero-order chi connectivity index (χ0) is 21.3. The lowest BCUT2D eigenvalue weighted by Gasteiger charge is -2.26. The highest BCUT2D eigenvalue weighted by Gasteiger charge is 2.39. The monoisotopic (exact) mass is 404 g/mol. The Morgan fingerprint density at radius 1 is 1.17 bits per heavy atom. The molecular weight excluding hydrogens is 380 g/mol. The quantitative estimate of drug-likeness (QED) is 0.694. The Morgan fingerprint density at radius 2 is 1.93 bits per heavy atom. The van der Waals surface area contributed by atoms with Crippen molar-refractivity contribution < 1.29 is 9.59 Å². The van der Waals surface area contributed by atoms with Crippen molar-refractivity contribution in [2.75, 3.05) is 11.9 Å². The van der Waals surface area contributed by atoms with E-state index in [4.69, 9.17) is 0 Å². The maximum atomic E-state index is 13.1. The van der Waals surface area contributed by atoms with Gasteiger partial charge in [0.05, 0.1) is 0 Å². The molecule has 0 spiro atoms. The van der Waals surface area contributed by atoms with Crippen molar-refractivity contribution in [3.8, 4) is 0 Å². The summed E-state index contributed by atoms with van der Waals surface area (Å²) in [5.41, 5.74) is 2.05. The van der Waals surface area contributed by atoms with E-state index in [1.807, 2.05) is 56.3 Å². The van der Waals surface area contributed by atoms with Gasteiger partial charge in [-0.05, 0) is 29.0 Å². The molecule has 154 valence electrons. The van der Waals surface area contributed by atoms with Gasteiger partial charge in [0, 0.05) is 19.7 Å². The highest BCUT2D eigenvalue weighted by Crippen LogP contribution is 2.36. The molecule has 0 saturated carbocycles. The van der Waals surface area contributed by atoms with E-state index in [1.165, 1.54) is 4.90 Å². The number of rotatable bonds is 4. The van der Waals surface area contributed by atoms with Crippen LogP contribution in [0.25, 0.3) is 0 Å². The Kier molecular flexibility index (Phi) is 5.31. The van der Waals surface area contributed by atoms with E-state index < -0.39 is 11.9 Å². The number of hydrogen-bond acceptors (Lipinski definition) is 5. The number of likely N-dealkylation sites (N-methyl/N-ethyl adjacent to an activating group) is 1. The second-order valence-electron chi connectivity index (χ2n) is 7.68. The SMILES string of the molecule is C[C@@H]1[C@H](C)c2cccnc2N(C)C(=O)[C@@H]1NC(=O)c1n[nH]c(Cc2ccccc2)n1. The van der Waals surface area contributed by atoms with Crippen molar-refractivity contribution in [3.05, 3.63) is 71.4 Å². The first-order valence-corrected chi connectivity index (χ1v) is 9.94. The number of nitrogens with one attached hydrogen (secondary N) is 2. The molecule has 3 aromatic rings. The fourth-order valence-electron chi connectivity index (χ4n) is 3.82. The highest BCUT2D eigenvalue weighted by atomic mass is 16.2. The normalized spacial score (nSPS) is 21.1. The molecule has 8 nitrogen and oxygen atoms in total. The Morgan fingerprint density at radius 3 is 2.70 bits per heavy atom. The maximum absolute atomic E-state index is 13.1. The molecule has 0 fully saturated rings. The van der Waals surface area contributed by atoms with Crippen molar-refractivity contribution in [2.24, 2.45) is 5.92 Å². The molecule has 2 amide bonds. The molecule has 1 aliphatic heterocycles. The standard InChI is InChI=1S/C22H24N6O2/c1-13-14(2)18(22(30)28(3)20-16(13)10-7-11-23-20)25-21(29)19-24-17(26-27-19)12-15-8-5-4-6-9-15/h4-11,13-14,18H,12H2,1-3H3,(H,25,29)(H,24,26,27)/t13-,14+,18+/m0/s1. The molecule has 0 bridgehead atoms. The lowest BCUT2D eigenvalue weighted by atomic mass is 9.85. The molecule has 3 atom stereocenters. The summed E-state index contributed by atoms with van der Waals surface area (Å²) in [7, 11) is 1.68. The molecule has 0 aliphatic carbocycles. The van der Waals surface area contributed by atoms with Crippen LogP contribution in [-0.2, 0) is 11.2 Å². The summed E-state index contributed by atoms with van der Waals surface area (Å²) in [6.45, 7) is 4.00. The number of nitrogens with zero attached hydrogens (tertiary/aromatic N) is 4. The molecule has 3 heterocycles. The number of aromatic amines is 1. The van der Waals surface area contributed by atoms with Crippen LogP contribution in [-0.4, -0.2) is 45.1 Å². The Hall–Kier alpha value is -3.55. The molecule has 1 aromatic carbocycles. The smallest absolute Gasteiger partial charge is 0.291 e. The number of carbonyl (C=O) groups excluding carboxylic acids is 2. The van der Waals surface area contributed by atoms with Gasteiger partial charge in [-0.15, -0.1) is 5.10 Å². The first-order valence-electron chi connectivity index (χ1n) is 9.94. The molecular formula is C22H24N6O2. The van der Waals surface area contributed by atoms with Crippen molar-refractivity contribution >= 4 is 17.6 Å². The molecule has 1 aliphatic rings. The summed E-state index contributed by atoms with van der Waals surface area (Å²) < 4.78 is 0. The number of anilines is 1. The average molecular weight is 404 g/mol. The van der Waals surface area contributed by atoms with Gasteiger partial charge in [-0.25, -0.2) is 9.97 Å². The van der Waals surface area contributed by atoms with Gasteiger partial charge >= 0.3 is 0 Å². The summed E-state index contributed by atoms with van der Waals surface area (Å²) in [5, 5.41) is 9.70. The number of aromatic nitrogens is 4. The Bertz CT molecular complexity index is 1060. The number of fused-ring (bicyclic) bond motifs is 1. The van der Waals surface area contributed by atoms with E-state index in [9.17, 15) is 9.59 Å². The number of amides is 2. The highest BCUT2D eigenvalue weighted by molar-refractivity contribution is 6.01. The second-order valence-corrected chi connectivity index (χ2v) is 7.68. The zero-order valence-corrected chi connectivity index (χ0v) is 17.2. The minimum absolute atomic E-state index is 0.0242. The van der Waals surface area contributed by atoms with Crippen LogP contribution in [0.5, 0.6) is 0 Å². The maximum Gasteiger partial charge on any atom is 0.291 e. The van der Waals surface area contributed by atoms with Crippen molar-refractivity contribution in [1.29, 1.82) is 0 Å². The summed E-state index contributed by atoms with van der Waals surface area (Å²) >= 11 is 0. The van der Waals surface area contributed by atoms with Gasteiger partial charge in [-0.1, -0.05) is 50.2 Å². The van der Waals surface area contributed by atoms with E-state index in [0.717, 1.165) is 11.1 Å². The number of carbonyl (C=O) groups is 2. The van der Waals surface area contributed by atoms with Crippen LogP contribution in [0.1, 0.15) is 47.3 Å². The molecule has 0 saturated heterocycles. The van der Waals surface area contributed by atoms with E-state index in [0.29, 0.717) is 18.1 Å². The summed E-state index contributed by atoms with van der Waals surface area (Å²) in [6.07, 6.45) is 2.21. The van der Waals surface area contributed by atoms with E-state index in [2.05, 4.69) is 25.5 Å².